The number of pyridine rings is 1. The molecule has 2 fully saturated rings. The molecular weight excluding hydrogens is 431 g/mol. The first-order chi connectivity index (χ1) is 16.4. The predicted octanol–water partition coefficient (Wildman–Crippen LogP) is 5.68. The summed E-state index contributed by atoms with van der Waals surface area (Å²) >= 11 is 0. The molecule has 0 saturated heterocycles. The van der Waals surface area contributed by atoms with E-state index < -0.39 is 0 Å². The largest absolute Gasteiger partial charge is 0.330 e. The Morgan fingerprint density at radius 1 is 1.12 bits per heavy atom. The first-order valence-electron chi connectivity index (χ1n) is 12.3. The molecule has 2 aliphatic rings. The minimum atomic E-state index is -0.345. The summed E-state index contributed by atoms with van der Waals surface area (Å²) in [6.07, 6.45) is 9.93. The number of carbonyl (C=O) groups is 2. The molecule has 34 heavy (non-hydrogen) atoms. The summed E-state index contributed by atoms with van der Waals surface area (Å²) in [5.74, 6) is 1.06. The Balaban J connectivity index is 1.38. The number of aromatic nitrogens is 3. The van der Waals surface area contributed by atoms with Crippen LogP contribution in [-0.4, -0.2) is 26.2 Å². The highest BCUT2D eigenvalue weighted by Crippen LogP contribution is 2.35. The molecule has 2 aromatic heterocycles. The molecule has 1 amide bonds. The highest BCUT2D eigenvalue weighted by atomic mass is 19.1. The van der Waals surface area contributed by atoms with Gasteiger partial charge in [0.25, 0.3) is 0 Å². The topological polar surface area (TPSA) is 76.9 Å². The van der Waals surface area contributed by atoms with Crippen molar-refractivity contribution in [3.8, 4) is 11.1 Å². The molecule has 3 aromatic rings. The van der Waals surface area contributed by atoms with Crippen molar-refractivity contribution in [2.75, 3.05) is 5.32 Å². The summed E-state index contributed by atoms with van der Waals surface area (Å²) in [5, 5.41) is 2.97. The average Bonchev–Trinajstić information content (AvgIpc) is 3.53. The van der Waals surface area contributed by atoms with Crippen LogP contribution in [0.25, 0.3) is 22.2 Å². The number of aryl methyl sites for hydroxylation is 1. The molecule has 7 heteroatoms. The Labute approximate surface area is 199 Å². The number of rotatable bonds is 7. The minimum absolute atomic E-state index is 0.0558. The highest BCUT2D eigenvalue weighted by Gasteiger charge is 2.28. The second-order valence-corrected chi connectivity index (χ2v) is 10.2. The van der Waals surface area contributed by atoms with Crippen LogP contribution in [0.2, 0.25) is 0 Å². The smallest absolute Gasteiger partial charge is 0.228 e. The van der Waals surface area contributed by atoms with E-state index in [9.17, 15) is 14.0 Å². The maximum Gasteiger partial charge on any atom is 0.228 e. The van der Waals surface area contributed by atoms with Crippen LogP contribution in [-0.2, 0) is 16.1 Å². The van der Waals surface area contributed by atoms with Crippen molar-refractivity contribution < 1.29 is 14.0 Å². The van der Waals surface area contributed by atoms with E-state index >= 15 is 0 Å². The fourth-order valence-electron chi connectivity index (χ4n) is 5.25. The van der Waals surface area contributed by atoms with Crippen LogP contribution in [0.4, 0.5) is 10.2 Å². The molecule has 0 unspecified atom stereocenters. The fraction of sp³-hybridized carbons (Fsp3) is 0.481. The van der Waals surface area contributed by atoms with Gasteiger partial charge in [-0.1, -0.05) is 6.42 Å². The van der Waals surface area contributed by atoms with Crippen LogP contribution in [0.1, 0.15) is 57.4 Å². The number of Topliss-reactive ketones (excluding diaryl/α,β-unsaturated/α-hetero) is 1. The zero-order valence-electron chi connectivity index (χ0n) is 19.8. The first kappa shape index (κ1) is 22.7. The van der Waals surface area contributed by atoms with E-state index in [-0.39, 0.29) is 29.3 Å². The Bertz CT molecular complexity index is 1250. The number of hydrogen-bond acceptors (Lipinski definition) is 4. The summed E-state index contributed by atoms with van der Waals surface area (Å²) in [6.45, 7) is 4.41. The van der Waals surface area contributed by atoms with E-state index in [4.69, 9.17) is 0 Å². The Morgan fingerprint density at radius 3 is 2.71 bits per heavy atom. The van der Waals surface area contributed by atoms with Crippen molar-refractivity contribution >= 4 is 28.5 Å². The normalized spacial score (nSPS) is 20.4. The number of halogens is 1. The number of ketones is 1. The number of anilines is 1. The molecule has 0 bridgehead atoms. The zero-order chi connectivity index (χ0) is 23.8. The predicted molar refractivity (Wildman–Crippen MR) is 130 cm³/mol. The molecular formula is C27H31FN4O2. The summed E-state index contributed by atoms with van der Waals surface area (Å²) in [4.78, 5) is 33.2. The van der Waals surface area contributed by atoms with E-state index in [0.29, 0.717) is 23.7 Å². The lowest BCUT2D eigenvalue weighted by Gasteiger charge is -2.27. The molecule has 2 aliphatic carbocycles. The second-order valence-electron chi connectivity index (χ2n) is 10.2. The lowest BCUT2D eigenvalue weighted by atomic mass is 9.79. The molecule has 0 aliphatic heterocycles. The SMILES string of the molecule is CC(=O)C[C@@H]1CCC[C@H](C(=O)Nc2cc(-c3cc(F)c4ncn(CC5CC5)c4c3)c(C)cn2)C1. The van der Waals surface area contributed by atoms with Crippen molar-refractivity contribution in [2.45, 2.75) is 65.3 Å². The first-order valence-corrected chi connectivity index (χ1v) is 12.3. The van der Waals surface area contributed by atoms with Gasteiger partial charge in [0.05, 0.1) is 11.8 Å². The van der Waals surface area contributed by atoms with Gasteiger partial charge in [-0.3, -0.25) is 4.79 Å². The summed E-state index contributed by atoms with van der Waals surface area (Å²) in [7, 11) is 0. The van der Waals surface area contributed by atoms with Crippen molar-refractivity contribution in [1.29, 1.82) is 0 Å². The molecule has 0 spiro atoms. The standard InChI is InChI=1S/C27H31FN4O2/c1-16-13-29-25(31-27(34)20-5-3-4-19(9-20)8-17(2)33)12-22(16)21-10-23(28)26-24(11-21)32(15-30-26)14-18-6-7-18/h10-13,15,18-20H,3-9,14H2,1-2H3,(H,29,31,34)/t19-,20-/m0/s1. The van der Waals surface area contributed by atoms with Gasteiger partial charge < -0.3 is 14.7 Å². The number of fused-ring (bicyclic) bond motifs is 1. The number of hydrogen-bond donors (Lipinski definition) is 1. The number of benzene rings is 1. The number of amides is 1. The van der Waals surface area contributed by atoms with Crippen LogP contribution in [0.5, 0.6) is 0 Å². The minimum Gasteiger partial charge on any atom is -0.330 e. The van der Waals surface area contributed by atoms with Crippen molar-refractivity contribution in [3.63, 3.8) is 0 Å². The third-order valence-electron chi connectivity index (χ3n) is 7.23. The van der Waals surface area contributed by atoms with Crippen molar-refractivity contribution in [2.24, 2.45) is 17.8 Å². The molecule has 2 heterocycles. The van der Waals surface area contributed by atoms with Gasteiger partial charge in [-0.15, -0.1) is 0 Å². The number of carbonyl (C=O) groups excluding carboxylic acids is 2. The van der Waals surface area contributed by atoms with E-state index in [1.54, 1.807) is 19.4 Å². The molecule has 2 atom stereocenters. The zero-order valence-corrected chi connectivity index (χ0v) is 19.8. The molecule has 0 radical (unpaired) electrons. The van der Waals surface area contributed by atoms with E-state index in [1.165, 1.54) is 18.9 Å². The molecule has 6 nitrogen and oxygen atoms in total. The van der Waals surface area contributed by atoms with Crippen LogP contribution >= 0.6 is 0 Å². The molecule has 1 aromatic carbocycles. The van der Waals surface area contributed by atoms with Gasteiger partial charge in [-0.25, -0.2) is 14.4 Å². The second kappa shape index (κ2) is 9.28. The van der Waals surface area contributed by atoms with Gasteiger partial charge in [-0.05, 0) is 92.7 Å². The molecule has 178 valence electrons. The maximum absolute atomic E-state index is 14.9. The van der Waals surface area contributed by atoms with Crippen LogP contribution in [0.3, 0.4) is 0 Å². The van der Waals surface area contributed by atoms with Gasteiger partial charge >= 0.3 is 0 Å². The van der Waals surface area contributed by atoms with Gasteiger partial charge in [0, 0.05) is 25.1 Å². The van der Waals surface area contributed by atoms with E-state index in [2.05, 4.69) is 15.3 Å². The van der Waals surface area contributed by atoms with Crippen molar-refractivity contribution in [1.82, 2.24) is 14.5 Å². The lowest BCUT2D eigenvalue weighted by molar-refractivity contribution is -0.123. The molecule has 2 saturated carbocycles. The third kappa shape index (κ3) is 4.88. The van der Waals surface area contributed by atoms with Crippen LogP contribution in [0.15, 0.2) is 30.7 Å². The third-order valence-corrected chi connectivity index (χ3v) is 7.23. The summed E-state index contributed by atoms with van der Waals surface area (Å²) < 4.78 is 17.0. The monoisotopic (exact) mass is 462 g/mol. The summed E-state index contributed by atoms with van der Waals surface area (Å²) in [6, 6.07) is 5.32. The number of nitrogens with one attached hydrogen (secondary N) is 1. The Hall–Kier alpha value is -3.09. The van der Waals surface area contributed by atoms with E-state index in [0.717, 1.165) is 54.4 Å². The Morgan fingerprint density at radius 2 is 1.94 bits per heavy atom. The average molecular weight is 463 g/mol. The van der Waals surface area contributed by atoms with Crippen molar-refractivity contribution in [3.05, 3.63) is 42.1 Å². The van der Waals surface area contributed by atoms with Gasteiger partial charge in [0.1, 0.15) is 17.1 Å². The van der Waals surface area contributed by atoms with Gasteiger partial charge in [-0.2, -0.15) is 0 Å². The lowest BCUT2D eigenvalue weighted by Crippen LogP contribution is -2.29. The number of nitrogens with zero attached hydrogens (tertiary/aromatic N) is 3. The van der Waals surface area contributed by atoms with Gasteiger partial charge in [0.15, 0.2) is 5.82 Å². The van der Waals surface area contributed by atoms with Crippen LogP contribution < -0.4 is 5.32 Å². The van der Waals surface area contributed by atoms with Gasteiger partial charge in [0.2, 0.25) is 5.91 Å². The highest BCUT2D eigenvalue weighted by molar-refractivity contribution is 5.93. The van der Waals surface area contributed by atoms with E-state index in [1.807, 2.05) is 23.6 Å². The molecule has 1 N–H and O–H groups in total. The maximum atomic E-state index is 14.9. The van der Waals surface area contributed by atoms with Crippen LogP contribution in [0, 0.1) is 30.5 Å². The Kier molecular flexibility index (Phi) is 6.19. The summed E-state index contributed by atoms with van der Waals surface area (Å²) in [5.41, 5.74) is 3.68. The number of imidazole rings is 1. The molecule has 5 rings (SSSR count). The quantitative estimate of drug-likeness (QED) is 0.490. The fourth-order valence-corrected chi connectivity index (χ4v) is 5.25.